The standard InChI is InChI=1S/C60H65FN12O7S/c1-31(2)54(59(77)72-26-41(75)20-50(72)58(76)65-49(28-74)37-11-13-38(14-12-37)56-33(4)63-30-81-56)73-27-48(69-70-73)36-7-5-34(6-8-36)29-79-55-52(51-32(3)46(61)22-47-45(51)24-64-68-47)43(35-9-10-35)21-44-53(55)66-60(80-42-15-17-78-18-16-42)67-57(44)71-25-39-19-40(71)23-62-39/h5-8,11-14,21-22,24,27,30-31,35,39-42,49-50,54,62,74-75H,9-10,15-20,23,25-26,28-29H2,1-4H3,(H,64,68)(H,65,76)/t39-,40-,41+,49-,50-,54-/m0/s1. The van der Waals surface area contributed by atoms with Crippen LogP contribution in [0, 0.1) is 25.6 Å². The number of H-pyrrole nitrogens is 1. The van der Waals surface area contributed by atoms with Crippen LogP contribution in [0.3, 0.4) is 0 Å². The molecule has 8 heterocycles. The van der Waals surface area contributed by atoms with Crippen molar-refractivity contribution in [2.75, 3.05) is 44.4 Å². The van der Waals surface area contributed by atoms with Gasteiger partial charge in [0.05, 0.1) is 66.0 Å². The topological polar surface area (TPSA) is 231 Å². The molecule has 4 aliphatic heterocycles. The number of aryl methyl sites for hydroxylation is 1. The molecule has 5 N–H and O–H groups in total. The molecule has 13 rings (SSSR count). The lowest BCUT2D eigenvalue weighted by Gasteiger charge is -2.31. The Morgan fingerprint density at radius 1 is 0.963 bits per heavy atom. The number of hydrogen-bond acceptors (Lipinski definition) is 16. The van der Waals surface area contributed by atoms with Crippen LogP contribution in [0.15, 0.2) is 78.6 Å². The molecule has 0 unspecified atom stereocenters. The number of β-amino-alcohol motifs (C(OH)–C–C–N with tert-alkyl or cyclic N) is 1. The Kier molecular flexibility index (Phi) is 14.2. The van der Waals surface area contributed by atoms with Gasteiger partial charge >= 0.3 is 6.01 Å². The highest BCUT2D eigenvalue weighted by Crippen LogP contribution is 2.54. The molecule has 1 saturated carbocycles. The van der Waals surface area contributed by atoms with Gasteiger partial charge in [-0.3, -0.25) is 14.7 Å². The average molecular weight is 1120 g/mol. The molecule has 2 bridgehead atoms. The van der Waals surface area contributed by atoms with E-state index in [1.807, 2.05) is 76.2 Å². The van der Waals surface area contributed by atoms with Crippen LogP contribution >= 0.6 is 11.3 Å². The molecule has 6 atom stereocenters. The molecular weight excluding hydrogens is 1050 g/mol. The molecule has 81 heavy (non-hydrogen) atoms. The second kappa shape index (κ2) is 21.8. The lowest BCUT2D eigenvalue weighted by atomic mass is 9.88. The SMILES string of the molecule is Cc1ncsc1-c1ccc([C@H](CO)NC(=O)[C@@H]2C[C@@H](O)CN2C(=O)[C@H](C(C)C)n2cc(-c3ccc(COc4c(-c5c(C)c(F)cc6[nH]ncc56)c(C5CC5)cc5c(N6C[C@@H]7C[C@H]6CN7)nc(OC6CCOCC6)nc45)cc3)nn2)cc1. The van der Waals surface area contributed by atoms with Gasteiger partial charge in [0.1, 0.15) is 47.6 Å². The molecule has 4 aromatic carbocycles. The van der Waals surface area contributed by atoms with E-state index in [0.29, 0.717) is 58.4 Å². The number of nitrogens with one attached hydrogen (secondary N) is 3. The quantitative estimate of drug-likeness (QED) is 0.0584. The largest absolute Gasteiger partial charge is 0.486 e. The number of benzene rings is 4. The van der Waals surface area contributed by atoms with E-state index in [-0.39, 0.29) is 67.9 Å². The van der Waals surface area contributed by atoms with Gasteiger partial charge in [0.25, 0.3) is 0 Å². The molecule has 1 aliphatic carbocycles. The van der Waals surface area contributed by atoms with Crippen LogP contribution in [-0.2, 0) is 20.9 Å². The first-order valence-corrected chi connectivity index (χ1v) is 29.0. The Balaban J connectivity index is 0.785. The third-order valence-electron chi connectivity index (χ3n) is 16.9. The second-order valence-corrected chi connectivity index (χ2v) is 23.6. The summed E-state index contributed by atoms with van der Waals surface area (Å²) < 4.78 is 37.2. The molecule has 4 aromatic heterocycles. The minimum Gasteiger partial charge on any atom is -0.486 e. The van der Waals surface area contributed by atoms with E-state index in [0.717, 1.165) is 100 Å². The number of thiazole rings is 1. The molecule has 8 aromatic rings. The number of likely N-dealkylation sites (tertiary alicyclic amines) is 1. The number of aliphatic hydroxyl groups excluding tert-OH is 2. The molecule has 5 aliphatic rings. The smallest absolute Gasteiger partial charge is 0.319 e. The Morgan fingerprint density at radius 2 is 1.75 bits per heavy atom. The van der Waals surface area contributed by atoms with Crippen LogP contribution in [0.4, 0.5) is 10.2 Å². The molecule has 2 amide bonds. The van der Waals surface area contributed by atoms with Gasteiger partial charge in [0.15, 0.2) is 5.75 Å². The number of nitrogens with zero attached hydrogens (tertiary/aromatic N) is 9. The normalized spacial score (nSPS) is 20.9. The molecule has 4 saturated heterocycles. The first kappa shape index (κ1) is 52.9. The zero-order valence-electron chi connectivity index (χ0n) is 45.6. The lowest BCUT2D eigenvalue weighted by molar-refractivity contribution is -0.142. The Bertz CT molecular complexity index is 3650. The highest BCUT2D eigenvalue weighted by atomic mass is 32.1. The first-order chi connectivity index (χ1) is 39.4. The summed E-state index contributed by atoms with van der Waals surface area (Å²) in [7, 11) is 0. The summed E-state index contributed by atoms with van der Waals surface area (Å²) in [5.41, 5.74) is 10.8. The summed E-state index contributed by atoms with van der Waals surface area (Å²) in [6, 6.07) is 17.4. The van der Waals surface area contributed by atoms with Crippen LogP contribution in [0.2, 0.25) is 0 Å². The van der Waals surface area contributed by atoms with E-state index in [4.69, 9.17) is 24.2 Å². The van der Waals surface area contributed by atoms with E-state index in [1.165, 1.54) is 15.6 Å². The highest BCUT2D eigenvalue weighted by molar-refractivity contribution is 7.13. The fraction of sp³-hybridized carbons (Fsp3) is 0.433. The van der Waals surface area contributed by atoms with Crippen molar-refractivity contribution in [3.05, 3.63) is 112 Å². The second-order valence-electron chi connectivity index (χ2n) is 22.7. The third kappa shape index (κ3) is 10.2. The fourth-order valence-corrected chi connectivity index (χ4v) is 13.3. The van der Waals surface area contributed by atoms with Crippen molar-refractivity contribution in [1.29, 1.82) is 0 Å². The number of carbonyl (C=O) groups excluding carboxylic acids is 2. The number of hydrogen-bond donors (Lipinski definition) is 5. The van der Waals surface area contributed by atoms with E-state index < -0.39 is 30.1 Å². The highest BCUT2D eigenvalue weighted by Gasteiger charge is 2.44. The van der Waals surface area contributed by atoms with Crippen molar-refractivity contribution in [1.82, 2.24) is 55.7 Å². The van der Waals surface area contributed by atoms with Gasteiger partial charge in [-0.1, -0.05) is 67.6 Å². The number of fused-ring (bicyclic) bond motifs is 4. The summed E-state index contributed by atoms with van der Waals surface area (Å²) in [5.74, 6) is 0.0881. The van der Waals surface area contributed by atoms with Crippen molar-refractivity contribution in [3.8, 4) is 44.6 Å². The number of aromatic nitrogens is 8. The summed E-state index contributed by atoms with van der Waals surface area (Å²) in [6.07, 6.45) is 6.91. The monoisotopic (exact) mass is 1120 g/mol. The third-order valence-corrected chi connectivity index (χ3v) is 17.9. The van der Waals surface area contributed by atoms with Gasteiger partial charge in [-0.15, -0.1) is 16.4 Å². The number of piperazine rings is 1. The zero-order valence-corrected chi connectivity index (χ0v) is 46.5. The maximum Gasteiger partial charge on any atom is 0.319 e. The average Bonchev–Trinajstić information content (AvgIpc) is 3.89. The van der Waals surface area contributed by atoms with Gasteiger partial charge in [-0.05, 0) is 84.9 Å². The summed E-state index contributed by atoms with van der Waals surface area (Å²) in [4.78, 5) is 48.3. The van der Waals surface area contributed by atoms with Crippen LogP contribution < -0.4 is 25.0 Å². The first-order valence-electron chi connectivity index (χ1n) is 28.2. The van der Waals surface area contributed by atoms with Gasteiger partial charge < -0.3 is 44.9 Å². The van der Waals surface area contributed by atoms with E-state index in [1.54, 1.807) is 29.2 Å². The van der Waals surface area contributed by atoms with Crippen LogP contribution in [-0.4, -0.2) is 137 Å². The number of carbonyl (C=O) groups is 2. The maximum absolute atomic E-state index is 16.2. The molecule has 21 heteroatoms. The number of rotatable bonds is 17. The number of amides is 2. The Morgan fingerprint density at radius 3 is 2.46 bits per heavy atom. The van der Waals surface area contributed by atoms with Crippen LogP contribution in [0.5, 0.6) is 11.8 Å². The molecule has 0 radical (unpaired) electrons. The summed E-state index contributed by atoms with van der Waals surface area (Å²) in [5, 5.41) is 46.0. The number of aromatic amines is 1. The summed E-state index contributed by atoms with van der Waals surface area (Å²) >= 11 is 1.54. The minimum absolute atomic E-state index is 0.0357. The predicted molar refractivity (Wildman–Crippen MR) is 303 cm³/mol. The van der Waals surface area contributed by atoms with E-state index in [2.05, 4.69) is 47.1 Å². The van der Waals surface area contributed by atoms with Crippen molar-refractivity contribution in [2.45, 2.75) is 121 Å². The van der Waals surface area contributed by atoms with Gasteiger partial charge in [0, 0.05) is 78.4 Å². The van der Waals surface area contributed by atoms with Gasteiger partial charge in [0.2, 0.25) is 11.8 Å². The van der Waals surface area contributed by atoms with Crippen molar-refractivity contribution < 1.29 is 38.4 Å². The van der Waals surface area contributed by atoms with E-state index >= 15 is 4.39 Å². The van der Waals surface area contributed by atoms with Crippen LogP contribution in [0.25, 0.3) is 54.6 Å². The fourth-order valence-electron chi connectivity index (χ4n) is 12.5. The van der Waals surface area contributed by atoms with Crippen molar-refractivity contribution in [3.63, 3.8) is 0 Å². The predicted octanol–water partition coefficient (Wildman–Crippen LogP) is 7.88. The molecular formula is C60H65FN12O7S. The molecule has 19 nitrogen and oxygen atoms in total. The van der Waals surface area contributed by atoms with Crippen molar-refractivity contribution >= 4 is 50.8 Å². The van der Waals surface area contributed by atoms with E-state index in [9.17, 15) is 19.8 Å². The zero-order chi connectivity index (χ0) is 55.6. The lowest BCUT2D eigenvalue weighted by Crippen LogP contribution is -2.50. The Labute approximate surface area is 471 Å². The number of ether oxygens (including phenoxy) is 3. The van der Waals surface area contributed by atoms with Crippen LogP contribution in [0.1, 0.15) is 98.3 Å². The molecule has 5 fully saturated rings. The minimum atomic E-state index is -0.978. The van der Waals surface area contributed by atoms with Crippen molar-refractivity contribution in [2.24, 2.45) is 5.92 Å². The number of aliphatic hydroxyl groups is 2. The molecule has 420 valence electrons. The molecule has 0 spiro atoms. The maximum atomic E-state index is 16.2. The number of anilines is 1. The van der Waals surface area contributed by atoms with Gasteiger partial charge in [-0.25, -0.2) is 14.1 Å². The number of halogens is 1. The Hall–Kier alpha value is -7.43. The van der Waals surface area contributed by atoms with Gasteiger partial charge in [-0.2, -0.15) is 15.1 Å². The summed E-state index contributed by atoms with van der Waals surface area (Å²) in [6.45, 7) is 10.2.